The van der Waals surface area contributed by atoms with E-state index in [1.165, 1.54) is 0 Å². The Morgan fingerprint density at radius 1 is 1.36 bits per heavy atom. The highest BCUT2D eigenvalue weighted by Gasteiger charge is 2.46. The van der Waals surface area contributed by atoms with Gasteiger partial charge in [0, 0.05) is 25.4 Å². The molecular formula is C16H16Cl2N2O2. The van der Waals surface area contributed by atoms with Crippen LogP contribution in [0.25, 0.3) is 0 Å². The van der Waals surface area contributed by atoms with Crippen LogP contribution in [0.5, 0.6) is 0 Å². The lowest BCUT2D eigenvalue weighted by atomic mass is 10.1. The van der Waals surface area contributed by atoms with Crippen molar-refractivity contribution in [2.45, 2.75) is 25.3 Å². The number of carbonyl (C=O) groups excluding carboxylic acids is 1. The number of rotatable bonds is 6. The summed E-state index contributed by atoms with van der Waals surface area (Å²) in [5.41, 5.74) is 0.938. The topological polar surface area (TPSA) is 44.1 Å². The molecule has 22 heavy (non-hydrogen) atoms. The molecule has 2 unspecified atom stereocenters. The van der Waals surface area contributed by atoms with Crippen LogP contribution in [-0.2, 0) is 16.1 Å². The van der Waals surface area contributed by atoms with Crippen molar-refractivity contribution in [1.82, 2.24) is 9.78 Å². The standard InChI is InChI=1S/C16H16Cl2N2O2/c17-14-5-1-4-11(15(14)18)12-10-13(12)16(21)22-9-3-8-20-7-2-6-19-20/h1-2,4-7,12-13H,3,8-10H2. The summed E-state index contributed by atoms with van der Waals surface area (Å²) in [6, 6.07) is 7.39. The van der Waals surface area contributed by atoms with Crippen molar-refractivity contribution in [2.24, 2.45) is 5.92 Å². The van der Waals surface area contributed by atoms with Gasteiger partial charge in [0.1, 0.15) is 0 Å². The third-order valence-corrected chi connectivity index (χ3v) is 4.64. The van der Waals surface area contributed by atoms with Gasteiger partial charge in [-0.1, -0.05) is 35.3 Å². The highest BCUT2D eigenvalue weighted by atomic mass is 35.5. The molecule has 116 valence electrons. The summed E-state index contributed by atoms with van der Waals surface area (Å²) in [5.74, 6) is -0.119. The molecule has 1 aromatic heterocycles. The van der Waals surface area contributed by atoms with E-state index in [2.05, 4.69) is 5.10 Å². The fourth-order valence-electron chi connectivity index (χ4n) is 2.55. The Morgan fingerprint density at radius 2 is 2.23 bits per heavy atom. The quantitative estimate of drug-likeness (QED) is 0.592. The predicted molar refractivity (Wildman–Crippen MR) is 85.1 cm³/mol. The van der Waals surface area contributed by atoms with E-state index in [-0.39, 0.29) is 17.8 Å². The molecule has 1 fully saturated rings. The Morgan fingerprint density at radius 3 is 3.00 bits per heavy atom. The number of hydrogen-bond donors (Lipinski definition) is 0. The van der Waals surface area contributed by atoms with Crippen LogP contribution in [0.3, 0.4) is 0 Å². The average Bonchev–Trinajstić information content (AvgIpc) is 3.13. The van der Waals surface area contributed by atoms with Crippen molar-refractivity contribution in [2.75, 3.05) is 6.61 Å². The maximum atomic E-state index is 12.0. The minimum absolute atomic E-state index is 0.0966. The normalized spacial score (nSPS) is 19.9. The van der Waals surface area contributed by atoms with Crippen LogP contribution in [-0.4, -0.2) is 22.4 Å². The van der Waals surface area contributed by atoms with Crippen molar-refractivity contribution < 1.29 is 9.53 Å². The zero-order valence-corrected chi connectivity index (χ0v) is 13.4. The van der Waals surface area contributed by atoms with Crippen molar-refractivity contribution in [3.63, 3.8) is 0 Å². The second-order valence-electron chi connectivity index (χ2n) is 5.38. The maximum absolute atomic E-state index is 12.0. The predicted octanol–water partition coefficient (Wildman–Crippen LogP) is 3.93. The van der Waals surface area contributed by atoms with Gasteiger partial charge in [0.15, 0.2) is 0 Å². The smallest absolute Gasteiger partial charge is 0.309 e. The Kier molecular flexibility index (Phi) is 4.69. The van der Waals surface area contributed by atoms with Crippen molar-refractivity contribution >= 4 is 29.2 Å². The molecule has 0 bridgehead atoms. The number of ether oxygens (including phenoxy) is 1. The number of nitrogens with zero attached hydrogens (tertiary/aromatic N) is 2. The summed E-state index contributed by atoms with van der Waals surface area (Å²) in [6.45, 7) is 1.15. The molecule has 4 nitrogen and oxygen atoms in total. The molecule has 1 aromatic carbocycles. The van der Waals surface area contributed by atoms with E-state index >= 15 is 0 Å². The van der Waals surface area contributed by atoms with Crippen molar-refractivity contribution in [3.8, 4) is 0 Å². The second kappa shape index (κ2) is 6.71. The monoisotopic (exact) mass is 338 g/mol. The summed E-state index contributed by atoms with van der Waals surface area (Å²) in [4.78, 5) is 12.0. The van der Waals surface area contributed by atoms with Gasteiger partial charge in [-0.25, -0.2) is 0 Å². The average molecular weight is 339 g/mol. The van der Waals surface area contributed by atoms with Gasteiger partial charge in [0.25, 0.3) is 0 Å². The van der Waals surface area contributed by atoms with Gasteiger partial charge < -0.3 is 4.74 Å². The second-order valence-corrected chi connectivity index (χ2v) is 6.17. The van der Waals surface area contributed by atoms with E-state index in [0.717, 1.165) is 24.9 Å². The molecule has 2 aromatic rings. The first-order valence-corrected chi connectivity index (χ1v) is 8.00. The van der Waals surface area contributed by atoms with Crippen LogP contribution in [0, 0.1) is 5.92 Å². The summed E-state index contributed by atoms with van der Waals surface area (Å²) >= 11 is 12.2. The van der Waals surface area contributed by atoms with E-state index in [0.29, 0.717) is 16.7 Å². The summed E-state index contributed by atoms with van der Waals surface area (Å²) in [6.07, 6.45) is 5.15. The molecule has 0 amide bonds. The highest BCUT2D eigenvalue weighted by molar-refractivity contribution is 6.42. The molecule has 1 aliphatic rings. The van der Waals surface area contributed by atoms with Gasteiger partial charge in [-0.15, -0.1) is 0 Å². The molecule has 0 N–H and O–H groups in total. The lowest BCUT2D eigenvalue weighted by molar-refractivity contribution is -0.145. The van der Waals surface area contributed by atoms with Crippen molar-refractivity contribution in [1.29, 1.82) is 0 Å². The molecule has 0 aliphatic heterocycles. The van der Waals surface area contributed by atoms with Crippen LogP contribution >= 0.6 is 23.2 Å². The third kappa shape index (κ3) is 3.45. The van der Waals surface area contributed by atoms with Crippen LogP contribution in [0.2, 0.25) is 10.0 Å². The SMILES string of the molecule is O=C(OCCCn1cccn1)C1CC1c1cccc(Cl)c1Cl. The number of aromatic nitrogens is 2. The van der Waals surface area contributed by atoms with Crippen LogP contribution < -0.4 is 0 Å². The number of aryl methyl sites for hydroxylation is 1. The Balaban J connectivity index is 1.45. The lowest BCUT2D eigenvalue weighted by Gasteiger charge is -2.06. The number of carbonyl (C=O) groups is 1. The first-order chi connectivity index (χ1) is 10.7. The molecule has 0 spiro atoms. The van der Waals surface area contributed by atoms with Gasteiger partial charge >= 0.3 is 5.97 Å². The van der Waals surface area contributed by atoms with E-state index < -0.39 is 0 Å². The third-order valence-electron chi connectivity index (χ3n) is 3.81. The minimum Gasteiger partial charge on any atom is -0.465 e. The molecule has 0 saturated heterocycles. The van der Waals surface area contributed by atoms with Crippen LogP contribution in [0.15, 0.2) is 36.7 Å². The van der Waals surface area contributed by atoms with Gasteiger partial charge in [0.2, 0.25) is 0 Å². The number of benzene rings is 1. The zero-order chi connectivity index (χ0) is 15.5. The zero-order valence-electron chi connectivity index (χ0n) is 11.9. The summed E-state index contributed by atoms with van der Waals surface area (Å²) in [5, 5.41) is 5.17. The maximum Gasteiger partial charge on any atom is 0.309 e. The van der Waals surface area contributed by atoms with Gasteiger partial charge in [-0.2, -0.15) is 5.10 Å². The summed E-state index contributed by atoms with van der Waals surface area (Å²) < 4.78 is 7.15. The van der Waals surface area contributed by atoms with E-state index in [9.17, 15) is 4.79 Å². The molecule has 1 saturated carbocycles. The molecule has 1 aliphatic carbocycles. The van der Waals surface area contributed by atoms with E-state index in [1.807, 2.05) is 29.1 Å². The molecule has 1 heterocycles. The molecule has 2 atom stereocenters. The minimum atomic E-state index is -0.151. The Bertz CT molecular complexity index is 658. The van der Waals surface area contributed by atoms with Crippen molar-refractivity contribution in [3.05, 3.63) is 52.3 Å². The van der Waals surface area contributed by atoms with Gasteiger partial charge in [-0.05, 0) is 30.0 Å². The summed E-state index contributed by atoms with van der Waals surface area (Å²) in [7, 11) is 0. The Labute approximate surface area is 139 Å². The lowest BCUT2D eigenvalue weighted by Crippen LogP contribution is -2.11. The number of esters is 1. The van der Waals surface area contributed by atoms with Crippen LogP contribution in [0.1, 0.15) is 24.3 Å². The fraction of sp³-hybridized carbons (Fsp3) is 0.375. The fourth-order valence-corrected chi connectivity index (χ4v) is 2.99. The molecule has 3 rings (SSSR count). The first kappa shape index (κ1) is 15.4. The van der Waals surface area contributed by atoms with Crippen LogP contribution in [0.4, 0.5) is 0 Å². The number of halogens is 2. The molecule has 0 radical (unpaired) electrons. The number of hydrogen-bond acceptors (Lipinski definition) is 3. The molecule has 6 heteroatoms. The first-order valence-electron chi connectivity index (χ1n) is 7.25. The Hall–Kier alpha value is -1.52. The molecular weight excluding hydrogens is 323 g/mol. The van der Waals surface area contributed by atoms with Gasteiger partial charge in [0.05, 0.1) is 22.6 Å². The highest BCUT2D eigenvalue weighted by Crippen LogP contribution is 2.51. The van der Waals surface area contributed by atoms with E-state index in [1.54, 1.807) is 12.3 Å². The largest absolute Gasteiger partial charge is 0.465 e. The van der Waals surface area contributed by atoms with Gasteiger partial charge in [-0.3, -0.25) is 9.48 Å². The van der Waals surface area contributed by atoms with E-state index in [4.69, 9.17) is 27.9 Å².